The van der Waals surface area contributed by atoms with Gasteiger partial charge in [-0.25, -0.2) is 9.48 Å². The SMILES string of the molecule is CN(CCC1CCCCC1)C(=O)Cn1cc(C(=O)O)nn1. The Hall–Kier alpha value is -1.92. The lowest BCUT2D eigenvalue weighted by molar-refractivity contribution is -0.130. The van der Waals surface area contributed by atoms with Crippen LogP contribution in [0.5, 0.6) is 0 Å². The van der Waals surface area contributed by atoms with Crippen molar-refractivity contribution in [3.05, 3.63) is 11.9 Å². The monoisotopic (exact) mass is 294 g/mol. The summed E-state index contributed by atoms with van der Waals surface area (Å²) in [7, 11) is 1.78. The molecule has 1 fully saturated rings. The highest BCUT2D eigenvalue weighted by atomic mass is 16.4. The Bertz CT molecular complexity index is 494. The number of amides is 1. The number of nitrogens with zero attached hydrogens (tertiary/aromatic N) is 4. The molecule has 1 aliphatic rings. The van der Waals surface area contributed by atoms with Crippen molar-refractivity contribution in [1.29, 1.82) is 0 Å². The third-order valence-electron chi connectivity index (χ3n) is 4.08. The van der Waals surface area contributed by atoms with Gasteiger partial charge in [0.1, 0.15) is 6.54 Å². The molecule has 1 amide bonds. The number of carbonyl (C=O) groups excluding carboxylic acids is 1. The summed E-state index contributed by atoms with van der Waals surface area (Å²) >= 11 is 0. The van der Waals surface area contributed by atoms with Crippen molar-refractivity contribution in [2.24, 2.45) is 5.92 Å². The molecule has 1 aromatic heterocycles. The van der Waals surface area contributed by atoms with E-state index in [-0.39, 0.29) is 18.1 Å². The van der Waals surface area contributed by atoms with Gasteiger partial charge in [-0.1, -0.05) is 37.3 Å². The zero-order valence-corrected chi connectivity index (χ0v) is 12.4. The molecule has 0 aromatic carbocycles. The van der Waals surface area contributed by atoms with Crippen LogP contribution in [0, 0.1) is 5.92 Å². The average Bonchev–Trinajstić information content (AvgIpc) is 2.94. The van der Waals surface area contributed by atoms with Gasteiger partial charge in [0.05, 0.1) is 6.20 Å². The highest BCUT2D eigenvalue weighted by Gasteiger charge is 2.17. The van der Waals surface area contributed by atoms with Crippen LogP contribution in [-0.2, 0) is 11.3 Å². The number of carbonyl (C=O) groups is 2. The summed E-state index contributed by atoms with van der Waals surface area (Å²) in [5.74, 6) is -0.481. The first-order chi connectivity index (χ1) is 10.1. The molecule has 7 nitrogen and oxygen atoms in total. The summed E-state index contributed by atoms with van der Waals surface area (Å²) in [4.78, 5) is 24.4. The third kappa shape index (κ3) is 4.54. The summed E-state index contributed by atoms with van der Waals surface area (Å²) in [5.41, 5.74) is -0.146. The minimum absolute atomic E-state index is 0.0292. The second-order valence-electron chi connectivity index (χ2n) is 5.71. The lowest BCUT2D eigenvalue weighted by Gasteiger charge is -2.24. The molecule has 1 heterocycles. The van der Waals surface area contributed by atoms with Crippen LogP contribution in [0.4, 0.5) is 0 Å². The van der Waals surface area contributed by atoms with Crippen molar-refractivity contribution in [2.45, 2.75) is 45.1 Å². The van der Waals surface area contributed by atoms with Gasteiger partial charge in [0.2, 0.25) is 5.91 Å². The Balaban J connectivity index is 1.77. The van der Waals surface area contributed by atoms with Gasteiger partial charge in [-0.2, -0.15) is 0 Å². The van der Waals surface area contributed by atoms with Gasteiger partial charge in [-0.15, -0.1) is 5.10 Å². The van der Waals surface area contributed by atoms with Crippen molar-refractivity contribution in [3.63, 3.8) is 0 Å². The van der Waals surface area contributed by atoms with Gasteiger partial charge in [-0.05, 0) is 12.3 Å². The molecule has 1 aromatic rings. The largest absolute Gasteiger partial charge is 0.476 e. The predicted octanol–water partition coefficient (Wildman–Crippen LogP) is 1.41. The Morgan fingerprint density at radius 2 is 2.10 bits per heavy atom. The van der Waals surface area contributed by atoms with Crippen molar-refractivity contribution < 1.29 is 14.7 Å². The smallest absolute Gasteiger partial charge is 0.358 e. The van der Waals surface area contributed by atoms with Crippen LogP contribution in [-0.4, -0.2) is 50.5 Å². The van der Waals surface area contributed by atoms with Crippen LogP contribution < -0.4 is 0 Å². The molecule has 0 bridgehead atoms. The normalized spacial score (nSPS) is 15.9. The molecule has 7 heteroatoms. The number of rotatable bonds is 6. The zero-order chi connectivity index (χ0) is 15.2. The van der Waals surface area contributed by atoms with Crippen LogP contribution >= 0.6 is 0 Å². The van der Waals surface area contributed by atoms with E-state index in [9.17, 15) is 9.59 Å². The molecule has 0 spiro atoms. The molecular formula is C14H22N4O3. The highest BCUT2D eigenvalue weighted by molar-refractivity contribution is 5.84. The summed E-state index contributed by atoms with van der Waals surface area (Å²) in [6.45, 7) is 0.769. The van der Waals surface area contributed by atoms with E-state index in [1.165, 1.54) is 43.0 Å². The number of carboxylic acid groups (broad SMARTS) is 1. The predicted molar refractivity (Wildman–Crippen MR) is 75.8 cm³/mol. The van der Waals surface area contributed by atoms with Gasteiger partial charge < -0.3 is 10.0 Å². The van der Waals surface area contributed by atoms with E-state index in [2.05, 4.69) is 10.3 Å². The molecule has 0 saturated heterocycles. The first-order valence-electron chi connectivity index (χ1n) is 7.43. The molecule has 116 valence electrons. The number of hydrogen-bond acceptors (Lipinski definition) is 4. The van der Waals surface area contributed by atoms with Crippen molar-refractivity contribution in [2.75, 3.05) is 13.6 Å². The lowest BCUT2D eigenvalue weighted by atomic mass is 9.87. The van der Waals surface area contributed by atoms with Gasteiger partial charge in [0.15, 0.2) is 5.69 Å². The fourth-order valence-electron chi connectivity index (χ4n) is 2.71. The second-order valence-corrected chi connectivity index (χ2v) is 5.71. The Morgan fingerprint density at radius 1 is 1.38 bits per heavy atom. The molecule has 0 aliphatic heterocycles. The molecule has 1 saturated carbocycles. The number of hydrogen-bond donors (Lipinski definition) is 1. The van der Waals surface area contributed by atoms with Crippen molar-refractivity contribution >= 4 is 11.9 Å². The number of aromatic nitrogens is 3. The highest BCUT2D eigenvalue weighted by Crippen LogP contribution is 2.26. The maximum Gasteiger partial charge on any atom is 0.358 e. The second kappa shape index (κ2) is 7.19. The quantitative estimate of drug-likeness (QED) is 0.857. The summed E-state index contributed by atoms with van der Waals surface area (Å²) in [5, 5.41) is 15.9. The first kappa shape index (κ1) is 15.5. The van der Waals surface area contributed by atoms with Crippen LogP contribution in [0.25, 0.3) is 0 Å². The fourth-order valence-corrected chi connectivity index (χ4v) is 2.71. The van der Waals surface area contributed by atoms with Gasteiger partial charge >= 0.3 is 5.97 Å². The summed E-state index contributed by atoms with van der Waals surface area (Å²) < 4.78 is 1.27. The first-order valence-corrected chi connectivity index (χ1v) is 7.43. The third-order valence-corrected chi connectivity index (χ3v) is 4.08. The maximum absolute atomic E-state index is 12.1. The Labute approximate surface area is 123 Å². The number of aromatic carboxylic acids is 1. The van der Waals surface area contributed by atoms with Crippen molar-refractivity contribution in [1.82, 2.24) is 19.9 Å². The van der Waals surface area contributed by atoms with E-state index >= 15 is 0 Å². The topological polar surface area (TPSA) is 88.3 Å². The number of carboxylic acids is 1. The van der Waals surface area contributed by atoms with E-state index in [0.717, 1.165) is 18.9 Å². The Kier molecular flexibility index (Phi) is 5.30. The van der Waals surface area contributed by atoms with E-state index in [0.29, 0.717) is 0 Å². The molecular weight excluding hydrogens is 272 g/mol. The molecule has 1 N–H and O–H groups in total. The Morgan fingerprint density at radius 3 is 2.71 bits per heavy atom. The van der Waals surface area contributed by atoms with Crippen LogP contribution in [0.1, 0.15) is 49.0 Å². The minimum Gasteiger partial charge on any atom is -0.476 e. The molecule has 0 atom stereocenters. The standard InChI is InChI=1S/C14H22N4O3/c1-17(8-7-11-5-3-2-4-6-11)13(19)10-18-9-12(14(20)21)15-16-18/h9,11H,2-8,10H2,1H3,(H,20,21). The molecule has 2 rings (SSSR count). The molecule has 0 unspecified atom stereocenters. The fraction of sp³-hybridized carbons (Fsp3) is 0.714. The maximum atomic E-state index is 12.1. The van der Waals surface area contributed by atoms with Crippen LogP contribution in [0.3, 0.4) is 0 Å². The van der Waals surface area contributed by atoms with Gasteiger partial charge in [-0.3, -0.25) is 4.79 Å². The van der Waals surface area contributed by atoms with Crippen molar-refractivity contribution in [3.8, 4) is 0 Å². The minimum atomic E-state index is -1.14. The van der Waals surface area contributed by atoms with E-state index in [1.54, 1.807) is 11.9 Å². The molecule has 0 radical (unpaired) electrons. The molecule has 1 aliphatic carbocycles. The zero-order valence-electron chi connectivity index (χ0n) is 12.4. The average molecular weight is 294 g/mol. The van der Waals surface area contributed by atoms with Crippen LogP contribution in [0.15, 0.2) is 6.20 Å². The summed E-state index contributed by atoms with van der Waals surface area (Å²) in [6.07, 6.45) is 8.80. The summed E-state index contributed by atoms with van der Waals surface area (Å²) in [6, 6.07) is 0. The lowest BCUT2D eigenvalue weighted by Crippen LogP contribution is -2.32. The van der Waals surface area contributed by atoms with E-state index in [1.807, 2.05) is 0 Å². The van der Waals surface area contributed by atoms with E-state index < -0.39 is 5.97 Å². The van der Waals surface area contributed by atoms with Gasteiger partial charge in [0, 0.05) is 13.6 Å². The number of likely N-dealkylation sites (N-methyl/N-ethyl adjacent to an activating group) is 1. The van der Waals surface area contributed by atoms with Crippen LogP contribution in [0.2, 0.25) is 0 Å². The molecule has 21 heavy (non-hydrogen) atoms. The van der Waals surface area contributed by atoms with Gasteiger partial charge in [0.25, 0.3) is 0 Å². The van der Waals surface area contributed by atoms with E-state index in [4.69, 9.17) is 5.11 Å².